The third kappa shape index (κ3) is 2.80. The summed E-state index contributed by atoms with van der Waals surface area (Å²) in [5, 5.41) is 0. The Balaban J connectivity index is 2.39. The molecule has 106 valence electrons. The highest BCUT2D eigenvalue weighted by Crippen LogP contribution is 2.35. The second kappa shape index (κ2) is 6.26. The maximum Gasteiger partial charge on any atom is 0.0172 e. The molecule has 2 rings (SSSR count). The minimum absolute atomic E-state index is 0.110. The largest absolute Gasteiger partial charge is 0.0642 e. The van der Waals surface area contributed by atoms with Crippen LogP contribution in [0.4, 0.5) is 0 Å². The lowest BCUT2D eigenvalue weighted by atomic mass is 9.74. The van der Waals surface area contributed by atoms with Gasteiger partial charge < -0.3 is 0 Å². The van der Waals surface area contributed by atoms with Gasteiger partial charge in [0, 0.05) is 5.41 Å². The molecule has 0 aliphatic rings. The van der Waals surface area contributed by atoms with Gasteiger partial charge in [-0.05, 0) is 41.5 Å². The van der Waals surface area contributed by atoms with E-state index in [0.29, 0.717) is 0 Å². The van der Waals surface area contributed by atoms with Crippen molar-refractivity contribution in [1.82, 2.24) is 0 Å². The number of hydrogen-bond acceptors (Lipinski definition) is 0. The van der Waals surface area contributed by atoms with E-state index in [4.69, 9.17) is 0 Å². The molecular formula is C20H26. The molecule has 0 N–H and O–H groups in total. The maximum atomic E-state index is 2.36. The first-order valence-corrected chi connectivity index (χ1v) is 7.82. The summed E-state index contributed by atoms with van der Waals surface area (Å²) in [6.45, 7) is 9.05. The molecule has 0 radical (unpaired) electrons. The van der Waals surface area contributed by atoms with Crippen LogP contribution < -0.4 is 0 Å². The Morgan fingerprint density at radius 3 is 1.25 bits per heavy atom. The lowest BCUT2D eigenvalue weighted by molar-refractivity contribution is 0.549. The maximum absolute atomic E-state index is 2.36. The summed E-state index contributed by atoms with van der Waals surface area (Å²) in [6, 6.07) is 18.3. The number of aryl methyl sites for hydroxylation is 2. The van der Waals surface area contributed by atoms with Crippen LogP contribution >= 0.6 is 0 Å². The van der Waals surface area contributed by atoms with Crippen LogP contribution in [0, 0.1) is 0 Å². The molecule has 0 unspecified atom stereocenters. The summed E-state index contributed by atoms with van der Waals surface area (Å²) in [4.78, 5) is 0. The fourth-order valence-corrected chi connectivity index (χ4v) is 2.79. The summed E-state index contributed by atoms with van der Waals surface area (Å²) >= 11 is 0. The zero-order valence-corrected chi connectivity index (χ0v) is 13.2. The summed E-state index contributed by atoms with van der Waals surface area (Å²) < 4.78 is 0. The Kier molecular flexibility index (Phi) is 4.65. The number of hydrogen-bond donors (Lipinski definition) is 0. The number of rotatable bonds is 5. The van der Waals surface area contributed by atoms with Crippen LogP contribution in [-0.4, -0.2) is 0 Å². The predicted octanol–water partition coefficient (Wildman–Crippen LogP) is 5.53. The van der Waals surface area contributed by atoms with Crippen molar-refractivity contribution in [3.8, 4) is 0 Å². The first kappa shape index (κ1) is 14.8. The highest BCUT2D eigenvalue weighted by atomic mass is 14.3. The van der Waals surface area contributed by atoms with Crippen LogP contribution in [0.3, 0.4) is 0 Å². The van der Waals surface area contributed by atoms with Gasteiger partial charge >= 0.3 is 0 Å². The van der Waals surface area contributed by atoms with E-state index in [-0.39, 0.29) is 5.41 Å². The Morgan fingerprint density at radius 1 is 0.650 bits per heavy atom. The van der Waals surface area contributed by atoms with Crippen molar-refractivity contribution in [2.45, 2.75) is 52.4 Å². The number of benzene rings is 2. The van der Waals surface area contributed by atoms with Gasteiger partial charge in [0.1, 0.15) is 0 Å². The molecule has 0 heteroatoms. The van der Waals surface area contributed by atoms with Gasteiger partial charge in [0.2, 0.25) is 0 Å². The molecule has 0 spiro atoms. The van der Waals surface area contributed by atoms with Gasteiger partial charge in [0.25, 0.3) is 0 Å². The van der Waals surface area contributed by atoms with Crippen molar-refractivity contribution in [2.75, 3.05) is 0 Å². The van der Waals surface area contributed by atoms with Crippen LogP contribution in [0.2, 0.25) is 0 Å². The lowest BCUT2D eigenvalue weighted by Gasteiger charge is -2.30. The minimum atomic E-state index is 0.110. The van der Waals surface area contributed by atoms with Crippen molar-refractivity contribution in [2.24, 2.45) is 0 Å². The molecule has 0 aliphatic heterocycles. The third-order valence-electron chi connectivity index (χ3n) is 4.71. The molecule has 0 nitrogen and oxygen atoms in total. The van der Waals surface area contributed by atoms with Crippen LogP contribution in [0.25, 0.3) is 0 Å². The predicted molar refractivity (Wildman–Crippen MR) is 88.4 cm³/mol. The smallest absolute Gasteiger partial charge is 0.0172 e. The fourth-order valence-electron chi connectivity index (χ4n) is 2.79. The van der Waals surface area contributed by atoms with Gasteiger partial charge in [-0.1, -0.05) is 76.2 Å². The molecule has 20 heavy (non-hydrogen) atoms. The van der Waals surface area contributed by atoms with Crippen molar-refractivity contribution < 1.29 is 0 Å². The SMILES string of the molecule is CCc1ccc(C(C)(CC)c2ccc(CC)cc2)cc1. The van der Waals surface area contributed by atoms with Gasteiger partial charge in [-0.2, -0.15) is 0 Å². The van der Waals surface area contributed by atoms with Gasteiger partial charge in [0.15, 0.2) is 0 Å². The molecule has 0 fully saturated rings. The van der Waals surface area contributed by atoms with E-state index in [0.717, 1.165) is 19.3 Å². The molecule has 0 bridgehead atoms. The molecule has 0 aliphatic carbocycles. The fraction of sp³-hybridized carbons (Fsp3) is 0.400. The summed E-state index contributed by atoms with van der Waals surface area (Å²) in [6.07, 6.45) is 3.33. The summed E-state index contributed by atoms with van der Waals surface area (Å²) in [7, 11) is 0. The summed E-state index contributed by atoms with van der Waals surface area (Å²) in [5.41, 5.74) is 5.77. The molecule has 0 amide bonds. The van der Waals surface area contributed by atoms with E-state index in [1.165, 1.54) is 22.3 Å². The monoisotopic (exact) mass is 266 g/mol. The van der Waals surface area contributed by atoms with Gasteiger partial charge in [-0.15, -0.1) is 0 Å². The molecular weight excluding hydrogens is 240 g/mol. The van der Waals surface area contributed by atoms with Crippen molar-refractivity contribution in [1.29, 1.82) is 0 Å². The van der Waals surface area contributed by atoms with Crippen LogP contribution in [0.15, 0.2) is 48.5 Å². The third-order valence-corrected chi connectivity index (χ3v) is 4.71. The quantitative estimate of drug-likeness (QED) is 0.667. The van der Waals surface area contributed by atoms with E-state index >= 15 is 0 Å². The molecule has 0 heterocycles. The Labute approximate surface area is 123 Å². The lowest BCUT2D eigenvalue weighted by Crippen LogP contribution is -2.22. The molecule has 0 saturated carbocycles. The van der Waals surface area contributed by atoms with Crippen molar-refractivity contribution >= 4 is 0 Å². The average Bonchev–Trinajstić information content (AvgIpc) is 2.54. The van der Waals surface area contributed by atoms with E-state index < -0.39 is 0 Å². The van der Waals surface area contributed by atoms with E-state index in [1.54, 1.807) is 0 Å². The Bertz CT molecular complexity index is 484. The first-order valence-electron chi connectivity index (χ1n) is 7.82. The Hall–Kier alpha value is -1.56. The van der Waals surface area contributed by atoms with E-state index in [1.807, 2.05) is 0 Å². The second-order valence-corrected chi connectivity index (χ2v) is 5.79. The minimum Gasteiger partial charge on any atom is -0.0642 e. The average molecular weight is 266 g/mol. The molecule has 2 aromatic carbocycles. The van der Waals surface area contributed by atoms with E-state index in [9.17, 15) is 0 Å². The van der Waals surface area contributed by atoms with Crippen LogP contribution in [0.1, 0.15) is 56.4 Å². The molecule has 2 aromatic rings. The van der Waals surface area contributed by atoms with Gasteiger partial charge in [0.05, 0.1) is 0 Å². The first-order chi connectivity index (χ1) is 9.63. The van der Waals surface area contributed by atoms with Crippen LogP contribution in [0.5, 0.6) is 0 Å². The van der Waals surface area contributed by atoms with Gasteiger partial charge in [-0.25, -0.2) is 0 Å². The summed E-state index contributed by atoms with van der Waals surface area (Å²) in [5.74, 6) is 0. The Morgan fingerprint density at radius 2 is 1.00 bits per heavy atom. The van der Waals surface area contributed by atoms with Crippen molar-refractivity contribution in [3.05, 3.63) is 70.8 Å². The highest BCUT2D eigenvalue weighted by molar-refractivity contribution is 5.40. The zero-order chi connectivity index (χ0) is 14.6. The molecule has 0 aromatic heterocycles. The zero-order valence-electron chi connectivity index (χ0n) is 13.2. The standard InChI is InChI=1S/C20H26/c1-5-16-8-12-18(13-9-16)20(4,7-3)19-14-10-17(6-2)11-15-19/h8-15H,5-7H2,1-4H3. The topological polar surface area (TPSA) is 0 Å². The normalized spacial score (nSPS) is 11.6. The second-order valence-electron chi connectivity index (χ2n) is 5.79. The van der Waals surface area contributed by atoms with Crippen molar-refractivity contribution in [3.63, 3.8) is 0 Å². The van der Waals surface area contributed by atoms with Crippen LogP contribution in [-0.2, 0) is 18.3 Å². The van der Waals surface area contributed by atoms with E-state index in [2.05, 4.69) is 76.2 Å². The van der Waals surface area contributed by atoms with Gasteiger partial charge in [-0.3, -0.25) is 0 Å². The molecule has 0 atom stereocenters. The molecule has 0 saturated heterocycles. The highest BCUT2D eigenvalue weighted by Gasteiger charge is 2.26.